The van der Waals surface area contributed by atoms with E-state index >= 15 is 0 Å². The highest BCUT2D eigenvalue weighted by molar-refractivity contribution is 5.78. The van der Waals surface area contributed by atoms with Gasteiger partial charge in [0, 0.05) is 6.42 Å². The van der Waals surface area contributed by atoms with Crippen molar-refractivity contribution >= 4 is 5.90 Å². The van der Waals surface area contributed by atoms with Crippen LogP contribution in [0.1, 0.15) is 35.1 Å². The zero-order valence-corrected chi connectivity index (χ0v) is 14.1. The molecule has 1 aliphatic heterocycles. The Morgan fingerprint density at radius 2 is 1.63 bits per heavy atom. The molecule has 2 aromatic carbocycles. The molecule has 1 atom stereocenters. The molecule has 0 bridgehead atoms. The van der Waals surface area contributed by atoms with E-state index in [-0.39, 0.29) is 18.3 Å². The standard InChI is InChI=1S/C19H15F3N4O/c20-19(21,22)18-24-23-17-15(14-9-5-2-6-10-14)11-16(25-26(17)18)27-12-13-7-3-1-4-8-13/h1-10,15H,11-12H2/t15-/m0/s1. The first-order valence-electron chi connectivity index (χ1n) is 8.34. The second-order valence-electron chi connectivity index (χ2n) is 6.13. The Kier molecular flexibility index (Phi) is 4.39. The Bertz CT molecular complexity index is 952. The van der Waals surface area contributed by atoms with E-state index in [0.717, 1.165) is 15.8 Å². The molecule has 4 rings (SSSR count). The maximum atomic E-state index is 13.3. The number of benzene rings is 2. The maximum absolute atomic E-state index is 13.3. The molecule has 5 nitrogen and oxygen atoms in total. The Morgan fingerprint density at radius 3 is 2.30 bits per heavy atom. The number of fused-ring (bicyclic) bond motifs is 1. The lowest BCUT2D eigenvalue weighted by molar-refractivity contribution is -0.147. The average Bonchev–Trinajstić information content (AvgIpc) is 3.12. The summed E-state index contributed by atoms with van der Waals surface area (Å²) in [7, 11) is 0. The molecular formula is C19H15F3N4O. The van der Waals surface area contributed by atoms with E-state index in [2.05, 4.69) is 15.3 Å². The van der Waals surface area contributed by atoms with Gasteiger partial charge in [0.1, 0.15) is 6.61 Å². The van der Waals surface area contributed by atoms with E-state index in [1.807, 2.05) is 60.7 Å². The number of ether oxygens (including phenoxy) is 1. The summed E-state index contributed by atoms with van der Waals surface area (Å²) in [6, 6.07) is 18.6. The quantitative estimate of drug-likeness (QED) is 0.692. The molecule has 0 saturated carbocycles. The third-order valence-corrected chi connectivity index (χ3v) is 4.27. The Morgan fingerprint density at radius 1 is 0.963 bits per heavy atom. The van der Waals surface area contributed by atoms with Crippen molar-refractivity contribution in [2.45, 2.75) is 25.1 Å². The zero-order chi connectivity index (χ0) is 18.9. The van der Waals surface area contributed by atoms with Crippen LogP contribution in [0, 0.1) is 0 Å². The first kappa shape index (κ1) is 17.3. The third-order valence-electron chi connectivity index (χ3n) is 4.27. The highest BCUT2D eigenvalue weighted by atomic mass is 19.4. The van der Waals surface area contributed by atoms with Crippen LogP contribution in [-0.4, -0.2) is 20.8 Å². The van der Waals surface area contributed by atoms with Crippen LogP contribution in [-0.2, 0) is 17.5 Å². The second-order valence-corrected chi connectivity index (χ2v) is 6.13. The topological polar surface area (TPSA) is 52.3 Å². The molecule has 0 fully saturated rings. The Hall–Kier alpha value is -3.16. The molecule has 2 heterocycles. The summed E-state index contributed by atoms with van der Waals surface area (Å²) in [6.45, 7) is 0.222. The predicted molar refractivity (Wildman–Crippen MR) is 92.0 cm³/mol. The molecule has 0 amide bonds. The van der Waals surface area contributed by atoms with E-state index in [4.69, 9.17) is 4.74 Å². The van der Waals surface area contributed by atoms with Crippen LogP contribution < -0.4 is 0 Å². The van der Waals surface area contributed by atoms with E-state index < -0.39 is 17.9 Å². The Balaban J connectivity index is 1.69. The van der Waals surface area contributed by atoms with Gasteiger partial charge in [-0.05, 0) is 11.1 Å². The fourth-order valence-corrected chi connectivity index (χ4v) is 2.98. The van der Waals surface area contributed by atoms with Crippen molar-refractivity contribution in [2.75, 3.05) is 0 Å². The number of hydrogen-bond donors (Lipinski definition) is 0. The van der Waals surface area contributed by atoms with Crippen molar-refractivity contribution in [3.05, 3.63) is 83.4 Å². The third kappa shape index (κ3) is 3.55. The summed E-state index contributed by atoms with van der Waals surface area (Å²) in [4.78, 5) is 0. The molecule has 0 N–H and O–H groups in total. The molecule has 0 radical (unpaired) electrons. The van der Waals surface area contributed by atoms with Crippen molar-refractivity contribution in [2.24, 2.45) is 5.10 Å². The molecule has 0 saturated heterocycles. The van der Waals surface area contributed by atoms with Crippen LogP contribution in [0.3, 0.4) is 0 Å². The minimum Gasteiger partial charge on any atom is -0.475 e. The van der Waals surface area contributed by atoms with E-state index in [9.17, 15) is 13.2 Å². The van der Waals surface area contributed by atoms with E-state index in [1.165, 1.54) is 0 Å². The van der Waals surface area contributed by atoms with Gasteiger partial charge in [0.15, 0.2) is 5.82 Å². The molecule has 0 spiro atoms. The molecule has 138 valence electrons. The molecular weight excluding hydrogens is 357 g/mol. The van der Waals surface area contributed by atoms with Crippen LogP contribution in [0.5, 0.6) is 0 Å². The lowest BCUT2D eigenvalue weighted by Crippen LogP contribution is -2.24. The second kappa shape index (κ2) is 6.86. The molecule has 1 aromatic heterocycles. The Labute approximate surface area is 153 Å². The van der Waals surface area contributed by atoms with Crippen LogP contribution in [0.4, 0.5) is 13.2 Å². The number of rotatable bonds is 3. The van der Waals surface area contributed by atoms with Gasteiger partial charge in [-0.25, -0.2) is 0 Å². The summed E-state index contributed by atoms with van der Waals surface area (Å²) < 4.78 is 46.3. The lowest BCUT2D eigenvalue weighted by Gasteiger charge is -2.23. The van der Waals surface area contributed by atoms with Crippen LogP contribution >= 0.6 is 0 Å². The summed E-state index contributed by atoms with van der Waals surface area (Å²) >= 11 is 0. The predicted octanol–water partition coefficient (Wildman–Crippen LogP) is 4.21. The summed E-state index contributed by atoms with van der Waals surface area (Å²) in [6.07, 6.45) is -4.34. The summed E-state index contributed by atoms with van der Waals surface area (Å²) in [5.41, 5.74) is 1.73. The smallest absolute Gasteiger partial charge is 0.453 e. The highest BCUT2D eigenvalue weighted by Gasteiger charge is 2.42. The molecule has 8 heteroatoms. The van der Waals surface area contributed by atoms with Gasteiger partial charge in [-0.2, -0.15) is 17.8 Å². The maximum Gasteiger partial charge on any atom is 0.453 e. The summed E-state index contributed by atoms with van der Waals surface area (Å²) in [5.74, 6) is -1.21. The van der Waals surface area contributed by atoms with Gasteiger partial charge in [0.05, 0.1) is 5.92 Å². The van der Waals surface area contributed by atoms with Gasteiger partial charge in [-0.15, -0.1) is 15.3 Å². The van der Waals surface area contributed by atoms with Gasteiger partial charge < -0.3 is 4.74 Å². The van der Waals surface area contributed by atoms with Crippen molar-refractivity contribution in [1.82, 2.24) is 14.9 Å². The van der Waals surface area contributed by atoms with Gasteiger partial charge in [0.2, 0.25) is 5.90 Å². The van der Waals surface area contributed by atoms with Gasteiger partial charge in [0.25, 0.3) is 5.82 Å². The fourth-order valence-electron chi connectivity index (χ4n) is 2.98. The summed E-state index contributed by atoms with van der Waals surface area (Å²) in [5, 5.41) is 11.1. The van der Waals surface area contributed by atoms with Gasteiger partial charge >= 0.3 is 6.18 Å². The molecule has 1 aliphatic rings. The van der Waals surface area contributed by atoms with Crippen molar-refractivity contribution in [1.29, 1.82) is 0 Å². The first-order valence-corrected chi connectivity index (χ1v) is 8.34. The van der Waals surface area contributed by atoms with Crippen LogP contribution in [0.25, 0.3) is 0 Å². The number of aromatic nitrogens is 3. The largest absolute Gasteiger partial charge is 0.475 e. The highest BCUT2D eigenvalue weighted by Crippen LogP contribution is 2.35. The van der Waals surface area contributed by atoms with Crippen molar-refractivity contribution in [3.8, 4) is 0 Å². The van der Waals surface area contributed by atoms with Crippen LogP contribution in [0.15, 0.2) is 65.8 Å². The van der Waals surface area contributed by atoms with Crippen molar-refractivity contribution < 1.29 is 17.9 Å². The van der Waals surface area contributed by atoms with Crippen LogP contribution in [0.2, 0.25) is 0 Å². The normalized spacial score (nSPS) is 16.6. The lowest BCUT2D eigenvalue weighted by atomic mass is 9.94. The minimum absolute atomic E-state index is 0.153. The first-order chi connectivity index (χ1) is 13.0. The SMILES string of the molecule is FC(F)(F)c1nnc2n1N=C(OCc1ccccc1)C[C@H]2c1ccccc1. The zero-order valence-electron chi connectivity index (χ0n) is 14.1. The van der Waals surface area contributed by atoms with E-state index in [0.29, 0.717) is 6.42 Å². The van der Waals surface area contributed by atoms with Crippen molar-refractivity contribution in [3.63, 3.8) is 0 Å². The van der Waals surface area contributed by atoms with Gasteiger partial charge in [-0.1, -0.05) is 60.7 Å². The number of nitrogens with zero attached hydrogens (tertiary/aromatic N) is 4. The molecule has 0 unspecified atom stereocenters. The monoisotopic (exact) mass is 372 g/mol. The number of halogens is 3. The minimum atomic E-state index is -4.65. The fraction of sp³-hybridized carbons (Fsp3) is 0.211. The molecule has 3 aromatic rings. The number of hydrogen-bond acceptors (Lipinski definition) is 4. The average molecular weight is 372 g/mol. The van der Waals surface area contributed by atoms with Gasteiger partial charge in [-0.3, -0.25) is 0 Å². The molecule has 0 aliphatic carbocycles. The molecule has 27 heavy (non-hydrogen) atoms. The van der Waals surface area contributed by atoms with E-state index in [1.54, 1.807) is 0 Å². The number of alkyl halides is 3.